The van der Waals surface area contributed by atoms with Gasteiger partial charge in [0.15, 0.2) is 17.5 Å². The Labute approximate surface area is 321 Å². The molecule has 2 aliphatic rings. The number of benzene rings is 6. The van der Waals surface area contributed by atoms with E-state index in [2.05, 4.69) is 161 Å². The van der Waals surface area contributed by atoms with Crippen molar-refractivity contribution in [3.05, 3.63) is 203 Å². The van der Waals surface area contributed by atoms with Crippen LogP contribution in [0, 0.1) is 0 Å². The van der Waals surface area contributed by atoms with Crippen LogP contribution in [0.4, 0.5) is 17.1 Å². The van der Waals surface area contributed by atoms with Gasteiger partial charge in [-0.05, 0) is 80.5 Å². The van der Waals surface area contributed by atoms with E-state index in [1.54, 1.807) is 0 Å². The molecule has 4 nitrogen and oxygen atoms in total. The number of rotatable bonds is 5. The van der Waals surface area contributed by atoms with Crippen molar-refractivity contribution in [2.75, 3.05) is 4.90 Å². The maximum absolute atomic E-state index is 5.13. The first kappa shape index (κ1) is 31.1. The van der Waals surface area contributed by atoms with Crippen LogP contribution in [0.1, 0.15) is 22.3 Å². The average molecular weight is 727 g/mol. The minimum absolute atomic E-state index is 0.379. The summed E-state index contributed by atoms with van der Waals surface area (Å²) in [6.45, 7) is 0. The first-order valence-electron chi connectivity index (χ1n) is 18.0. The summed E-state index contributed by atoms with van der Waals surface area (Å²) in [6.07, 6.45) is 0. The third-order valence-corrected chi connectivity index (χ3v) is 12.7. The number of hydrogen-bond acceptors (Lipinski definition) is 6. The normalized spacial score (nSPS) is 13.3. The van der Waals surface area contributed by atoms with E-state index in [1.807, 2.05) is 46.9 Å². The Balaban J connectivity index is 1.07. The van der Waals surface area contributed by atoms with Crippen molar-refractivity contribution in [2.24, 2.45) is 0 Å². The van der Waals surface area contributed by atoms with E-state index in [0.717, 1.165) is 27.9 Å². The lowest BCUT2D eigenvalue weighted by Crippen LogP contribution is -2.35. The van der Waals surface area contributed by atoms with Crippen LogP contribution in [-0.2, 0) is 5.41 Å². The highest BCUT2D eigenvalue weighted by molar-refractivity contribution is 7.21. The van der Waals surface area contributed by atoms with Crippen LogP contribution < -0.4 is 4.90 Å². The van der Waals surface area contributed by atoms with Gasteiger partial charge in [-0.3, -0.25) is 0 Å². The molecule has 3 aromatic heterocycles. The lowest BCUT2D eigenvalue weighted by molar-refractivity contribution is 0.756. The summed E-state index contributed by atoms with van der Waals surface area (Å²) in [7, 11) is 0. The van der Waals surface area contributed by atoms with Crippen molar-refractivity contribution in [2.45, 2.75) is 5.41 Å². The predicted molar refractivity (Wildman–Crippen MR) is 223 cm³/mol. The second kappa shape index (κ2) is 12.3. The summed E-state index contributed by atoms with van der Waals surface area (Å²) in [4.78, 5) is 20.4. The topological polar surface area (TPSA) is 41.9 Å². The molecule has 9 aromatic rings. The molecule has 0 atom stereocenters. The number of aromatic nitrogens is 3. The molecule has 0 saturated carbocycles. The summed E-state index contributed by atoms with van der Waals surface area (Å²) < 4.78 is 0. The molecule has 54 heavy (non-hydrogen) atoms. The Morgan fingerprint density at radius 3 is 1.41 bits per heavy atom. The zero-order chi connectivity index (χ0) is 35.6. The molecule has 0 amide bonds. The molecule has 0 bridgehead atoms. The van der Waals surface area contributed by atoms with Crippen LogP contribution in [0.25, 0.3) is 55.0 Å². The number of nitrogens with zero attached hydrogens (tertiary/aromatic N) is 4. The van der Waals surface area contributed by atoms with E-state index in [4.69, 9.17) is 15.0 Å². The van der Waals surface area contributed by atoms with E-state index >= 15 is 0 Å². The molecule has 0 unspecified atom stereocenters. The van der Waals surface area contributed by atoms with Crippen molar-refractivity contribution in [1.29, 1.82) is 0 Å². The second-order valence-corrected chi connectivity index (χ2v) is 15.4. The van der Waals surface area contributed by atoms with Crippen LogP contribution in [0.2, 0.25) is 0 Å². The number of thiophene rings is 2. The molecular formula is C48H30N4S2. The van der Waals surface area contributed by atoms with Crippen LogP contribution in [0.5, 0.6) is 0 Å². The Kier molecular flexibility index (Phi) is 7.09. The SMILES string of the molecule is c1ccc(-c2ccc(-c3nc(-c4ccccc4)nc(-c4cccc(N5c6ccccc6C6(c7ccccc75)c5ccsc5-c5sccc56)c4)n3)cc2)cc1. The highest BCUT2D eigenvalue weighted by atomic mass is 32.1. The van der Waals surface area contributed by atoms with Crippen LogP contribution in [-0.4, -0.2) is 15.0 Å². The molecule has 11 rings (SSSR count). The van der Waals surface area contributed by atoms with E-state index in [0.29, 0.717) is 17.5 Å². The van der Waals surface area contributed by atoms with E-state index in [-0.39, 0.29) is 5.41 Å². The molecule has 4 heterocycles. The van der Waals surface area contributed by atoms with Gasteiger partial charge in [-0.2, -0.15) is 0 Å². The van der Waals surface area contributed by atoms with Gasteiger partial charge in [-0.25, -0.2) is 15.0 Å². The summed E-state index contributed by atoms with van der Waals surface area (Å²) >= 11 is 3.70. The third-order valence-electron chi connectivity index (χ3n) is 10.7. The Morgan fingerprint density at radius 1 is 0.370 bits per heavy atom. The molecule has 0 N–H and O–H groups in total. The fourth-order valence-electron chi connectivity index (χ4n) is 8.39. The molecule has 0 fully saturated rings. The molecule has 0 radical (unpaired) electrons. The smallest absolute Gasteiger partial charge is 0.164 e. The van der Waals surface area contributed by atoms with Crippen LogP contribution in [0.3, 0.4) is 0 Å². The van der Waals surface area contributed by atoms with E-state index < -0.39 is 0 Å². The fourth-order valence-corrected chi connectivity index (χ4v) is 10.5. The number of fused-ring (bicyclic) bond motifs is 9. The zero-order valence-electron chi connectivity index (χ0n) is 28.9. The van der Waals surface area contributed by atoms with Gasteiger partial charge in [0.1, 0.15) is 0 Å². The summed E-state index contributed by atoms with van der Waals surface area (Å²) in [5.41, 5.74) is 13.5. The van der Waals surface area contributed by atoms with Gasteiger partial charge in [0, 0.05) is 32.1 Å². The minimum atomic E-state index is -0.379. The maximum atomic E-state index is 5.13. The Morgan fingerprint density at radius 2 is 0.815 bits per heavy atom. The van der Waals surface area contributed by atoms with Crippen molar-refractivity contribution in [3.8, 4) is 55.0 Å². The lowest BCUT2D eigenvalue weighted by Gasteiger charge is -2.44. The minimum Gasteiger partial charge on any atom is -0.310 e. The lowest BCUT2D eigenvalue weighted by atomic mass is 9.65. The molecule has 6 heteroatoms. The quantitative estimate of drug-likeness (QED) is 0.177. The molecule has 0 saturated heterocycles. The average Bonchev–Trinajstić information content (AvgIpc) is 3.99. The summed E-state index contributed by atoms with van der Waals surface area (Å²) in [6, 6.07) is 60.2. The highest BCUT2D eigenvalue weighted by Crippen LogP contribution is 2.65. The van der Waals surface area contributed by atoms with E-state index in [1.165, 1.54) is 48.9 Å². The first-order chi connectivity index (χ1) is 26.8. The zero-order valence-corrected chi connectivity index (χ0v) is 30.6. The van der Waals surface area contributed by atoms with Gasteiger partial charge < -0.3 is 4.90 Å². The number of hydrogen-bond donors (Lipinski definition) is 0. The fraction of sp³-hybridized carbons (Fsp3) is 0.0208. The first-order valence-corrected chi connectivity index (χ1v) is 19.8. The van der Waals surface area contributed by atoms with Crippen molar-refractivity contribution >= 4 is 39.7 Å². The van der Waals surface area contributed by atoms with Crippen LogP contribution >= 0.6 is 22.7 Å². The molecular weight excluding hydrogens is 697 g/mol. The highest BCUT2D eigenvalue weighted by Gasteiger charge is 2.52. The standard InChI is InChI=1S/C48H30N4S2/c1-3-12-31(13-4-1)32-22-24-34(25-23-32)46-49-45(33-14-5-2-6-15-33)50-47(51-46)35-16-11-17-36(30-35)52-41-20-9-7-18-37(41)48(38-19-8-10-21-42(38)52)39-26-28-53-43(39)44-40(48)27-29-54-44/h1-30H. The molecule has 6 aromatic carbocycles. The predicted octanol–water partition coefficient (Wildman–Crippen LogP) is 12.8. The van der Waals surface area contributed by atoms with E-state index in [9.17, 15) is 0 Å². The molecule has 254 valence electrons. The number of para-hydroxylation sites is 2. The van der Waals surface area contributed by atoms with Gasteiger partial charge >= 0.3 is 0 Å². The maximum Gasteiger partial charge on any atom is 0.164 e. The molecule has 1 aliphatic carbocycles. The third kappa shape index (κ3) is 4.64. The Hall–Kier alpha value is -6.47. The van der Waals surface area contributed by atoms with Crippen molar-refractivity contribution < 1.29 is 0 Å². The number of anilines is 3. The monoisotopic (exact) mass is 726 g/mol. The van der Waals surface area contributed by atoms with Crippen molar-refractivity contribution in [3.63, 3.8) is 0 Å². The largest absolute Gasteiger partial charge is 0.310 e. The summed E-state index contributed by atoms with van der Waals surface area (Å²) in [5, 5.41) is 4.50. The molecule has 1 spiro atoms. The van der Waals surface area contributed by atoms with Crippen molar-refractivity contribution in [1.82, 2.24) is 15.0 Å². The van der Waals surface area contributed by atoms with Gasteiger partial charge in [-0.1, -0.05) is 133 Å². The second-order valence-electron chi connectivity index (χ2n) is 13.6. The van der Waals surface area contributed by atoms with Crippen LogP contribution in [0.15, 0.2) is 181 Å². The van der Waals surface area contributed by atoms with Gasteiger partial charge in [-0.15, -0.1) is 22.7 Å². The van der Waals surface area contributed by atoms with Gasteiger partial charge in [0.2, 0.25) is 0 Å². The Bertz CT molecular complexity index is 2750. The summed E-state index contributed by atoms with van der Waals surface area (Å²) in [5.74, 6) is 1.91. The molecule has 1 aliphatic heterocycles. The van der Waals surface area contributed by atoms with Gasteiger partial charge in [0.05, 0.1) is 16.8 Å². The van der Waals surface area contributed by atoms with Gasteiger partial charge in [0.25, 0.3) is 0 Å².